The number of anilines is 1. The Morgan fingerprint density at radius 1 is 1.30 bits per heavy atom. The molecular formula is C14H11N3O3. The summed E-state index contributed by atoms with van der Waals surface area (Å²) in [6.45, 7) is 1.63. The summed E-state index contributed by atoms with van der Waals surface area (Å²) in [4.78, 5) is 22.7. The highest BCUT2D eigenvalue weighted by Crippen LogP contribution is 2.09. The predicted octanol–water partition coefficient (Wildman–Crippen LogP) is 1.51. The molecule has 6 nitrogen and oxygen atoms in total. The lowest BCUT2D eigenvalue weighted by atomic mass is 10.2. The maximum Gasteiger partial charge on any atom is 0.380 e. The number of rotatable bonds is 5. The second-order valence-corrected chi connectivity index (χ2v) is 3.55. The van der Waals surface area contributed by atoms with E-state index in [2.05, 4.69) is 10.1 Å². The van der Waals surface area contributed by atoms with E-state index in [4.69, 9.17) is 10.5 Å². The summed E-state index contributed by atoms with van der Waals surface area (Å²) in [6, 6.07) is 9.97. The maximum atomic E-state index is 11.5. The molecule has 20 heavy (non-hydrogen) atoms. The van der Waals surface area contributed by atoms with Crippen molar-refractivity contribution in [2.75, 3.05) is 11.9 Å². The van der Waals surface area contributed by atoms with Gasteiger partial charge in [-0.15, -0.1) is 0 Å². The van der Waals surface area contributed by atoms with Gasteiger partial charge in [-0.25, -0.2) is 4.79 Å². The summed E-state index contributed by atoms with van der Waals surface area (Å²) < 4.78 is 4.52. The van der Waals surface area contributed by atoms with Crippen molar-refractivity contribution in [3.8, 4) is 12.1 Å². The molecule has 0 amide bonds. The van der Waals surface area contributed by atoms with Crippen molar-refractivity contribution in [2.24, 2.45) is 0 Å². The Morgan fingerprint density at radius 2 is 1.95 bits per heavy atom. The molecule has 1 N–H and O–H groups in total. The third-order valence-corrected chi connectivity index (χ3v) is 2.22. The quantitative estimate of drug-likeness (QED) is 0.376. The average Bonchev–Trinajstić information content (AvgIpc) is 2.48. The van der Waals surface area contributed by atoms with Gasteiger partial charge < -0.3 is 10.1 Å². The van der Waals surface area contributed by atoms with Gasteiger partial charge in [-0.1, -0.05) is 0 Å². The summed E-state index contributed by atoms with van der Waals surface area (Å²) in [5.41, 5.74) is 0.712. The fourth-order valence-electron chi connectivity index (χ4n) is 1.25. The Balaban J connectivity index is 2.80. The van der Waals surface area contributed by atoms with Crippen LogP contribution in [0.1, 0.15) is 12.5 Å². The van der Waals surface area contributed by atoms with Crippen molar-refractivity contribution in [3.05, 3.63) is 41.6 Å². The highest BCUT2D eigenvalue weighted by Gasteiger charge is 2.19. The van der Waals surface area contributed by atoms with Gasteiger partial charge in [-0.2, -0.15) is 10.5 Å². The van der Waals surface area contributed by atoms with Crippen molar-refractivity contribution in [2.45, 2.75) is 6.92 Å². The molecule has 1 aromatic carbocycles. The van der Waals surface area contributed by atoms with E-state index in [1.165, 1.54) is 0 Å². The molecule has 0 heterocycles. The SMILES string of the molecule is CCOC(=O)C(=O)C(C#N)=CNc1ccc(C#N)cc1. The molecule has 0 fully saturated rings. The van der Waals surface area contributed by atoms with Gasteiger partial charge in [0.15, 0.2) is 0 Å². The van der Waals surface area contributed by atoms with Gasteiger partial charge in [0.25, 0.3) is 5.78 Å². The lowest BCUT2D eigenvalue weighted by molar-refractivity contribution is -0.151. The molecule has 0 atom stereocenters. The Hall–Kier alpha value is -3.12. The molecule has 6 heteroatoms. The molecular weight excluding hydrogens is 258 g/mol. The average molecular weight is 269 g/mol. The molecule has 0 spiro atoms. The van der Waals surface area contributed by atoms with Gasteiger partial charge in [0.2, 0.25) is 0 Å². The van der Waals surface area contributed by atoms with E-state index < -0.39 is 11.8 Å². The molecule has 0 saturated carbocycles. The standard InChI is InChI=1S/C14H11N3O3/c1-2-20-14(19)13(18)11(8-16)9-17-12-5-3-10(7-15)4-6-12/h3-6,9,17H,2H2,1H3. The van der Waals surface area contributed by atoms with Crippen molar-refractivity contribution < 1.29 is 14.3 Å². The van der Waals surface area contributed by atoms with Crippen LogP contribution in [0.15, 0.2) is 36.0 Å². The molecule has 0 aromatic heterocycles. The van der Waals surface area contributed by atoms with Crippen LogP contribution in [0, 0.1) is 22.7 Å². The van der Waals surface area contributed by atoms with E-state index >= 15 is 0 Å². The summed E-state index contributed by atoms with van der Waals surface area (Å²) in [7, 11) is 0. The largest absolute Gasteiger partial charge is 0.460 e. The highest BCUT2D eigenvalue weighted by atomic mass is 16.5. The zero-order valence-corrected chi connectivity index (χ0v) is 10.7. The normalized spacial score (nSPS) is 10.1. The van der Waals surface area contributed by atoms with Gasteiger partial charge in [0, 0.05) is 11.9 Å². The van der Waals surface area contributed by atoms with Crippen LogP contribution >= 0.6 is 0 Å². The molecule has 1 aromatic rings. The number of esters is 1. The summed E-state index contributed by atoms with van der Waals surface area (Å²) in [5, 5.41) is 20.2. The van der Waals surface area contributed by atoms with Crippen LogP contribution < -0.4 is 5.32 Å². The number of nitriles is 2. The summed E-state index contributed by atoms with van der Waals surface area (Å²) in [6.07, 6.45) is 1.13. The third kappa shape index (κ3) is 3.97. The molecule has 0 aliphatic heterocycles. The molecule has 1 rings (SSSR count). The second-order valence-electron chi connectivity index (χ2n) is 3.55. The molecule has 0 bridgehead atoms. The minimum Gasteiger partial charge on any atom is -0.460 e. The number of carbonyl (C=O) groups excluding carboxylic acids is 2. The summed E-state index contributed by atoms with van der Waals surface area (Å²) in [5.74, 6) is -2.07. The fraction of sp³-hybridized carbons (Fsp3) is 0.143. The van der Waals surface area contributed by atoms with E-state index in [1.54, 1.807) is 37.3 Å². The monoisotopic (exact) mass is 269 g/mol. The maximum absolute atomic E-state index is 11.5. The van der Waals surface area contributed by atoms with Crippen LogP contribution in [-0.2, 0) is 14.3 Å². The van der Waals surface area contributed by atoms with Gasteiger partial charge in [0.1, 0.15) is 11.6 Å². The Kier molecular flexibility index (Phi) is 5.49. The Bertz CT molecular complexity index is 619. The number of carbonyl (C=O) groups is 2. The first kappa shape index (κ1) is 14.9. The number of ether oxygens (including phenoxy) is 1. The number of Topliss-reactive ketones (excluding diaryl/α,β-unsaturated/α-hetero) is 1. The first-order valence-electron chi connectivity index (χ1n) is 5.70. The van der Waals surface area contributed by atoms with Crippen molar-refractivity contribution in [1.29, 1.82) is 10.5 Å². The summed E-state index contributed by atoms with van der Waals surface area (Å²) >= 11 is 0. The van der Waals surface area contributed by atoms with Crippen molar-refractivity contribution >= 4 is 17.4 Å². The van der Waals surface area contributed by atoms with Crippen LogP contribution in [0.2, 0.25) is 0 Å². The number of nitrogens with one attached hydrogen (secondary N) is 1. The number of hydrogen-bond donors (Lipinski definition) is 1. The number of benzene rings is 1. The molecule has 100 valence electrons. The number of nitrogens with zero attached hydrogens (tertiary/aromatic N) is 2. The topological polar surface area (TPSA) is 103 Å². The molecule has 0 saturated heterocycles. The van der Waals surface area contributed by atoms with Crippen molar-refractivity contribution in [1.82, 2.24) is 0 Å². The third-order valence-electron chi connectivity index (χ3n) is 2.22. The lowest BCUT2D eigenvalue weighted by Gasteiger charge is -2.02. The van der Waals surface area contributed by atoms with Crippen LogP contribution in [0.5, 0.6) is 0 Å². The van der Waals surface area contributed by atoms with E-state index in [9.17, 15) is 9.59 Å². The number of ketones is 1. The van der Waals surface area contributed by atoms with Gasteiger partial charge in [-0.05, 0) is 31.2 Å². The van der Waals surface area contributed by atoms with E-state index in [0.29, 0.717) is 11.3 Å². The van der Waals surface area contributed by atoms with Gasteiger partial charge in [0.05, 0.1) is 18.2 Å². The van der Waals surface area contributed by atoms with Gasteiger partial charge >= 0.3 is 5.97 Å². The first-order chi connectivity index (χ1) is 9.62. The molecule has 0 aliphatic carbocycles. The van der Waals surface area contributed by atoms with Crippen LogP contribution in [-0.4, -0.2) is 18.4 Å². The van der Waals surface area contributed by atoms with Crippen molar-refractivity contribution in [3.63, 3.8) is 0 Å². The van der Waals surface area contributed by atoms with E-state index in [-0.39, 0.29) is 12.2 Å². The van der Waals surface area contributed by atoms with Crippen LogP contribution in [0.4, 0.5) is 5.69 Å². The van der Waals surface area contributed by atoms with Gasteiger partial charge in [-0.3, -0.25) is 4.79 Å². The fourth-order valence-corrected chi connectivity index (χ4v) is 1.25. The molecule has 0 radical (unpaired) electrons. The van der Waals surface area contributed by atoms with Crippen LogP contribution in [0.25, 0.3) is 0 Å². The zero-order valence-electron chi connectivity index (χ0n) is 10.7. The Morgan fingerprint density at radius 3 is 2.45 bits per heavy atom. The zero-order chi connectivity index (χ0) is 15.0. The van der Waals surface area contributed by atoms with E-state index in [1.807, 2.05) is 6.07 Å². The minimum absolute atomic E-state index is 0.0618. The first-order valence-corrected chi connectivity index (χ1v) is 5.70. The predicted molar refractivity (Wildman–Crippen MR) is 70.1 cm³/mol. The lowest BCUT2D eigenvalue weighted by Crippen LogP contribution is -2.19. The highest BCUT2D eigenvalue weighted by molar-refractivity contribution is 6.41. The number of hydrogen-bond acceptors (Lipinski definition) is 6. The molecule has 0 aliphatic rings. The van der Waals surface area contributed by atoms with E-state index in [0.717, 1.165) is 6.20 Å². The Labute approximate surface area is 115 Å². The second kappa shape index (κ2) is 7.34. The molecule has 0 unspecified atom stereocenters. The van der Waals surface area contributed by atoms with Crippen LogP contribution in [0.3, 0.4) is 0 Å². The smallest absolute Gasteiger partial charge is 0.380 e. The minimum atomic E-state index is -1.07.